The van der Waals surface area contributed by atoms with Crippen molar-refractivity contribution in [2.75, 3.05) is 11.1 Å². The Morgan fingerprint density at radius 3 is 2.53 bits per heavy atom. The van der Waals surface area contributed by atoms with Gasteiger partial charge in [-0.1, -0.05) is 0 Å². The van der Waals surface area contributed by atoms with Crippen LogP contribution in [0.25, 0.3) is 0 Å². The number of nitrogens with two attached hydrogens (primary N) is 1. The zero-order valence-electron chi connectivity index (χ0n) is 9.73. The summed E-state index contributed by atoms with van der Waals surface area (Å²) >= 11 is 0. The van der Waals surface area contributed by atoms with Crippen molar-refractivity contribution in [1.29, 1.82) is 0 Å². The number of anilines is 2. The molecule has 0 radical (unpaired) electrons. The Kier molecular flexibility index (Phi) is 2.50. The summed E-state index contributed by atoms with van der Waals surface area (Å²) < 4.78 is 0. The molecule has 0 unspecified atom stereocenters. The van der Waals surface area contributed by atoms with Crippen LogP contribution in [0.3, 0.4) is 0 Å². The Hall–Kier alpha value is -1.58. The van der Waals surface area contributed by atoms with E-state index in [1.165, 1.54) is 25.7 Å². The van der Waals surface area contributed by atoms with Crippen LogP contribution in [0.4, 0.5) is 11.5 Å². The molecular weight excluding hydrogens is 214 g/mol. The number of nitrogens with zero attached hydrogens (tertiary/aromatic N) is 1. The van der Waals surface area contributed by atoms with Crippen LogP contribution >= 0.6 is 0 Å². The van der Waals surface area contributed by atoms with Gasteiger partial charge in [0.25, 0.3) is 0 Å². The second-order valence-corrected chi connectivity index (χ2v) is 5.13. The summed E-state index contributed by atoms with van der Waals surface area (Å²) in [5.41, 5.74) is 6.31. The largest absolute Gasteiger partial charge is 0.396 e. The molecule has 4 nitrogen and oxygen atoms in total. The van der Waals surface area contributed by atoms with Crippen LogP contribution in [0, 0.1) is 17.8 Å². The fraction of sp³-hybridized carbons (Fsp3) is 0.538. The molecule has 2 saturated carbocycles. The smallest absolute Gasteiger partial charge is 0.229 e. The fourth-order valence-electron chi connectivity index (χ4n) is 2.45. The predicted molar refractivity (Wildman–Crippen MR) is 66.2 cm³/mol. The topological polar surface area (TPSA) is 68.0 Å². The van der Waals surface area contributed by atoms with E-state index in [2.05, 4.69) is 10.3 Å². The van der Waals surface area contributed by atoms with Gasteiger partial charge in [-0.2, -0.15) is 0 Å². The number of amides is 1. The lowest BCUT2D eigenvalue weighted by Gasteiger charge is -2.15. The van der Waals surface area contributed by atoms with Crippen molar-refractivity contribution < 1.29 is 4.79 Å². The lowest BCUT2D eigenvalue weighted by atomic mass is 9.97. The number of nitrogens with one attached hydrogen (secondary N) is 1. The third kappa shape index (κ3) is 2.25. The van der Waals surface area contributed by atoms with Crippen LogP contribution in [0.2, 0.25) is 0 Å². The zero-order chi connectivity index (χ0) is 11.8. The predicted octanol–water partition coefficient (Wildman–Crippen LogP) is 2.04. The van der Waals surface area contributed by atoms with E-state index < -0.39 is 0 Å². The van der Waals surface area contributed by atoms with Crippen LogP contribution in [0.15, 0.2) is 18.3 Å². The minimum absolute atomic E-state index is 0.111. The van der Waals surface area contributed by atoms with Gasteiger partial charge in [-0.25, -0.2) is 4.98 Å². The Morgan fingerprint density at radius 1 is 1.35 bits per heavy atom. The molecule has 1 aromatic rings. The number of carbonyl (C=O) groups excluding carboxylic acids is 1. The standard InChI is InChI=1S/C13H17N3O/c14-10-2-1-7-15-12(10)16-13(17)11(8-3-4-8)9-5-6-9/h1-2,7-9,11H,3-6,14H2,(H,15,16,17). The van der Waals surface area contributed by atoms with Gasteiger partial charge in [0.05, 0.1) is 5.69 Å². The highest BCUT2D eigenvalue weighted by molar-refractivity contribution is 5.94. The van der Waals surface area contributed by atoms with E-state index in [4.69, 9.17) is 5.73 Å². The quantitative estimate of drug-likeness (QED) is 0.833. The van der Waals surface area contributed by atoms with E-state index in [0.29, 0.717) is 23.3 Å². The molecule has 0 aromatic carbocycles. The minimum Gasteiger partial charge on any atom is -0.396 e. The van der Waals surface area contributed by atoms with E-state index in [9.17, 15) is 4.79 Å². The van der Waals surface area contributed by atoms with Crippen molar-refractivity contribution in [1.82, 2.24) is 4.98 Å². The van der Waals surface area contributed by atoms with Crippen LogP contribution in [0.1, 0.15) is 25.7 Å². The summed E-state index contributed by atoms with van der Waals surface area (Å²) in [7, 11) is 0. The van der Waals surface area contributed by atoms with E-state index in [1.54, 1.807) is 18.3 Å². The molecule has 0 atom stereocenters. The number of carbonyl (C=O) groups is 1. The summed E-state index contributed by atoms with van der Waals surface area (Å²) in [6, 6.07) is 3.52. The molecule has 3 rings (SSSR count). The van der Waals surface area contributed by atoms with E-state index in [-0.39, 0.29) is 11.8 Å². The average molecular weight is 231 g/mol. The summed E-state index contributed by atoms with van der Waals surface area (Å²) in [6.45, 7) is 0. The number of nitrogen functional groups attached to an aromatic ring is 1. The first-order valence-corrected chi connectivity index (χ1v) is 6.27. The van der Waals surface area contributed by atoms with Gasteiger partial charge < -0.3 is 11.1 Å². The molecule has 17 heavy (non-hydrogen) atoms. The number of pyridine rings is 1. The first kappa shape index (κ1) is 10.6. The van der Waals surface area contributed by atoms with Crippen molar-refractivity contribution in [2.24, 2.45) is 17.8 Å². The number of hydrogen-bond acceptors (Lipinski definition) is 3. The molecule has 1 aromatic heterocycles. The SMILES string of the molecule is Nc1cccnc1NC(=O)C(C1CC1)C1CC1. The number of rotatable bonds is 4. The third-order valence-corrected chi connectivity index (χ3v) is 3.64. The summed E-state index contributed by atoms with van der Waals surface area (Å²) in [4.78, 5) is 16.3. The van der Waals surface area contributed by atoms with Crippen LogP contribution in [-0.2, 0) is 4.79 Å². The van der Waals surface area contributed by atoms with Gasteiger partial charge in [-0.15, -0.1) is 0 Å². The van der Waals surface area contributed by atoms with Crippen molar-refractivity contribution in [3.8, 4) is 0 Å². The van der Waals surface area contributed by atoms with Gasteiger partial charge in [0.2, 0.25) is 5.91 Å². The van der Waals surface area contributed by atoms with Gasteiger partial charge in [0.1, 0.15) is 0 Å². The zero-order valence-corrected chi connectivity index (χ0v) is 9.73. The third-order valence-electron chi connectivity index (χ3n) is 3.64. The highest BCUT2D eigenvalue weighted by Crippen LogP contribution is 2.49. The first-order chi connectivity index (χ1) is 8.25. The van der Waals surface area contributed by atoms with Crippen molar-refractivity contribution in [2.45, 2.75) is 25.7 Å². The molecule has 2 aliphatic carbocycles. The fourth-order valence-corrected chi connectivity index (χ4v) is 2.45. The van der Waals surface area contributed by atoms with Gasteiger partial charge in [-0.3, -0.25) is 4.79 Å². The maximum absolute atomic E-state index is 12.2. The molecule has 4 heteroatoms. The molecule has 0 spiro atoms. The molecule has 2 fully saturated rings. The van der Waals surface area contributed by atoms with Crippen molar-refractivity contribution in [3.63, 3.8) is 0 Å². The number of aromatic nitrogens is 1. The molecule has 3 N–H and O–H groups in total. The maximum Gasteiger partial charge on any atom is 0.229 e. The second kappa shape index (κ2) is 4.02. The Labute approximate surface area is 101 Å². The molecule has 2 aliphatic rings. The maximum atomic E-state index is 12.2. The normalized spacial score (nSPS) is 19.4. The van der Waals surface area contributed by atoms with E-state index >= 15 is 0 Å². The summed E-state index contributed by atoms with van der Waals surface area (Å²) in [5, 5.41) is 2.88. The van der Waals surface area contributed by atoms with E-state index in [1.807, 2.05) is 0 Å². The molecular formula is C13H17N3O. The van der Waals surface area contributed by atoms with Crippen molar-refractivity contribution in [3.05, 3.63) is 18.3 Å². The minimum atomic E-state index is 0.111. The number of hydrogen-bond donors (Lipinski definition) is 2. The van der Waals surface area contributed by atoms with Crippen LogP contribution in [0.5, 0.6) is 0 Å². The highest BCUT2D eigenvalue weighted by atomic mass is 16.2. The molecule has 0 aliphatic heterocycles. The molecule has 90 valence electrons. The molecule has 0 saturated heterocycles. The van der Waals surface area contributed by atoms with Gasteiger partial charge in [-0.05, 0) is 49.7 Å². The van der Waals surface area contributed by atoms with Crippen LogP contribution in [-0.4, -0.2) is 10.9 Å². The summed E-state index contributed by atoms with van der Waals surface area (Å²) in [6.07, 6.45) is 6.45. The second-order valence-electron chi connectivity index (χ2n) is 5.13. The van der Waals surface area contributed by atoms with E-state index in [0.717, 1.165) is 0 Å². The van der Waals surface area contributed by atoms with Crippen molar-refractivity contribution >= 4 is 17.4 Å². The Morgan fingerprint density at radius 2 is 2.00 bits per heavy atom. The first-order valence-electron chi connectivity index (χ1n) is 6.27. The molecule has 1 amide bonds. The van der Waals surface area contributed by atoms with Crippen LogP contribution < -0.4 is 11.1 Å². The Bertz CT molecular complexity index is 426. The average Bonchev–Trinajstić information content (AvgIpc) is 3.14. The van der Waals surface area contributed by atoms with Gasteiger partial charge >= 0.3 is 0 Å². The highest BCUT2D eigenvalue weighted by Gasteiger charge is 2.45. The Balaban J connectivity index is 1.71. The lowest BCUT2D eigenvalue weighted by Crippen LogP contribution is -2.27. The van der Waals surface area contributed by atoms with Gasteiger partial charge in [0.15, 0.2) is 5.82 Å². The monoisotopic (exact) mass is 231 g/mol. The molecule has 1 heterocycles. The molecule has 0 bridgehead atoms. The van der Waals surface area contributed by atoms with Gasteiger partial charge in [0, 0.05) is 12.1 Å². The summed E-state index contributed by atoms with van der Waals surface area (Å²) in [5.74, 6) is 2.01. The lowest BCUT2D eigenvalue weighted by molar-refractivity contribution is -0.121.